The topological polar surface area (TPSA) is 40.2 Å². The van der Waals surface area contributed by atoms with Crippen LogP contribution in [-0.4, -0.2) is 35.5 Å². The lowest BCUT2D eigenvalue weighted by atomic mass is 9.87. The Balaban J connectivity index is 2.08. The molecule has 5 nitrogen and oxygen atoms in total. The van der Waals surface area contributed by atoms with E-state index in [9.17, 15) is 0 Å². The van der Waals surface area contributed by atoms with Gasteiger partial charge in [-0.3, -0.25) is 0 Å². The van der Waals surface area contributed by atoms with E-state index in [1.54, 1.807) is 28.4 Å². The summed E-state index contributed by atoms with van der Waals surface area (Å²) in [5, 5.41) is 2.36. The van der Waals surface area contributed by atoms with Gasteiger partial charge in [0.1, 0.15) is 0 Å². The van der Waals surface area contributed by atoms with Crippen molar-refractivity contribution in [2.75, 3.05) is 40.4 Å². The molecule has 1 heterocycles. The standard InChI is InChI=1S/C24H27NO4/c1-7-14-8-18-17-11-21(27-4)20(26-3)9-15(17)13-25(2)24(18)19-12-23(29-6)22(28-5)10-16(14)19/h8-12H,7,13H2,1-6H3. The second-order valence-electron chi connectivity index (χ2n) is 7.26. The van der Waals surface area contributed by atoms with Crippen LogP contribution in [0.3, 0.4) is 0 Å². The number of ether oxygens (including phenoxy) is 4. The first-order valence-corrected chi connectivity index (χ1v) is 9.74. The minimum atomic E-state index is 0.738. The molecule has 0 saturated heterocycles. The van der Waals surface area contributed by atoms with Gasteiger partial charge >= 0.3 is 0 Å². The maximum atomic E-state index is 5.60. The molecule has 152 valence electrons. The Labute approximate surface area is 171 Å². The highest BCUT2D eigenvalue weighted by molar-refractivity contribution is 6.06. The summed E-state index contributed by atoms with van der Waals surface area (Å²) in [6.45, 7) is 2.97. The van der Waals surface area contributed by atoms with Gasteiger partial charge in [0.15, 0.2) is 23.0 Å². The molecule has 1 aliphatic heterocycles. The molecule has 0 saturated carbocycles. The third-order valence-corrected chi connectivity index (χ3v) is 5.77. The lowest BCUT2D eigenvalue weighted by Crippen LogP contribution is -2.22. The summed E-state index contributed by atoms with van der Waals surface area (Å²) < 4.78 is 22.3. The van der Waals surface area contributed by atoms with E-state index < -0.39 is 0 Å². The number of aryl methyl sites for hydroxylation is 1. The molecule has 29 heavy (non-hydrogen) atoms. The molecule has 3 aromatic rings. The van der Waals surface area contributed by atoms with Crippen molar-refractivity contribution in [1.29, 1.82) is 0 Å². The highest BCUT2D eigenvalue weighted by Crippen LogP contribution is 2.49. The number of nitrogens with zero attached hydrogens (tertiary/aromatic N) is 1. The third kappa shape index (κ3) is 2.92. The fourth-order valence-corrected chi connectivity index (χ4v) is 4.35. The average molecular weight is 393 g/mol. The molecule has 5 heteroatoms. The molecular formula is C24H27NO4. The van der Waals surface area contributed by atoms with Gasteiger partial charge in [0, 0.05) is 24.5 Å². The molecular weight excluding hydrogens is 366 g/mol. The van der Waals surface area contributed by atoms with E-state index in [2.05, 4.69) is 49.2 Å². The van der Waals surface area contributed by atoms with Gasteiger partial charge in [-0.15, -0.1) is 0 Å². The Morgan fingerprint density at radius 3 is 1.86 bits per heavy atom. The van der Waals surface area contributed by atoms with E-state index in [4.69, 9.17) is 18.9 Å². The lowest BCUT2D eigenvalue weighted by molar-refractivity contribution is 0.354. The summed E-state index contributed by atoms with van der Waals surface area (Å²) >= 11 is 0. The summed E-state index contributed by atoms with van der Waals surface area (Å²) in [6, 6.07) is 10.6. The number of anilines is 1. The van der Waals surface area contributed by atoms with Crippen LogP contribution in [0.4, 0.5) is 5.69 Å². The molecule has 0 aromatic heterocycles. The Hall–Kier alpha value is -3.08. The molecule has 0 spiro atoms. The number of hydrogen-bond acceptors (Lipinski definition) is 5. The molecule has 0 radical (unpaired) electrons. The van der Waals surface area contributed by atoms with Crippen LogP contribution in [0.5, 0.6) is 23.0 Å². The minimum Gasteiger partial charge on any atom is -0.493 e. The Kier molecular flexibility index (Phi) is 4.91. The first kappa shape index (κ1) is 19.2. The fraction of sp³-hybridized carbons (Fsp3) is 0.333. The van der Waals surface area contributed by atoms with E-state index in [1.165, 1.54) is 38.7 Å². The van der Waals surface area contributed by atoms with Gasteiger partial charge in [0.2, 0.25) is 0 Å². The quantitative estimate of drug-likeness (QED) is 0.606. The molecule has 0 fully saturated rings. The number of methoxy groups -OCH3 is 4. The summed E-state index contributed by atoms with van der Waals surface area (Å²) in [7, 11) is 8.83. The maximum Gasteiger partial charge on any atom is 0.161 e. The Bertz CT molecular complexity index is 1090. The van der Waals surface area contributed by atoms with E-state index in [1.807, 2.05) is 0 Å². The van der Waals surface area contributed by atoms with E-state index in [0.717, 1.165) is 36.0 Å². The van der Waals surface area contributed by atoms with Gasteiger partial charge in [0.25, 0.3) is 0 Å². The monoisotopic (exact) mass is 393 g/mol. The zero-order chi connectivity index (χ0) is 20.7. The molecule has 3 aromatic carbocycles. The van der Waals surface area contributed by atoms with Crippen molar-refractivity contribution in [3.8, 4) is 34.1 Å². The predicted molar refractivity (Wildman–Crippen MR) is 117 cm³/mol. The highest BCUT2D eigenvalue weighted by atomic mass is 16.5. The van der Waals surface area contributed by atoms with Crippen molar-refractivity contribution in [1.82, 2.24) is 0 Å². The zero-order valence-electron chi connectivity index (χ0n) is 17.9. The molecule has 0 unspecified atom stereocenters. The number of rotatable bonds is 5. The van der Waals surface area contributed by atoms with Gasteiger partial charge in [-0.1, -0.05) is 6.92 Å². The van der Waals surface area contributed by atoms with E-state index in [0.29, 0.717) is 0 Å². The van der Waals surface area contributed by atoms with Crippen LogP contribution < -0.4 is 23.8 Å². The summed E-state index contributed by atoms with van der Waals surface area (Å²) in [5.41, 5.74) is 6.07. The second-order valence-corrected chi connectivity index (χ2v) is 7.26. The third-order valence-electron chi connectivity index (χ3n) is 5.77. The smallest absolute Gasteiger partial charge is 0.161 e. The van der Waals surface area contributed by atoms with Crippen LogP contribution in [0.1, 0.15) is 18.1 Å². The maximum absolute atomic E-state index is 5.60. The number of hydrogen-bond donors (Lipinski definition) is 0. The van der Waals surface area contributed by atoms with Gasteiger partial charge in [-0.25, -0.2) is 0 Å². The molecule has 0 bridgehead atoms. The van der Waals surface area contributed by atoms with Crippen LogP contribution in [0, 0.1) is 0 Å². The van der Waals surface area contributed by atoms with Crippen molar-refractivity contribution < 1.29 is 18.9 Å². The fourth-order valence-electron chi connectivity index (χ4n) is 4.35. The molecule has 0 atom stereocenters. The van der Waals surface area contributed by atoms with Crippen molar-refractivity contribution in [3.05, 3.63) is 41.5 Å². The average Bonchev–Trinajstić information content (AvgIpc) is 2.76. The van der Waals surface area contributed by atoms with Crippen LogP contribution in [-0.2, 0) is 13.0 Å². The van der Waals surface area contributed by atoms with Crippen LogP contribution >= 0.6 is 0 Å². The van der Waals surface area contributed by atoms with Gasteiger partial charge in [-0.2, -0.15) is 0 Å². The summed E-state index contributed by atoms with van der Waals surface area (Å²) in [6.07, 6.45) is 0.922. The number of benzene rings is 3. The van der Waals surface area contributed by atoms with Gasteiger partial charge < -0.3 is 23.8 Å². The number of fused-ring (bicyclic) bond motifs is 5. The Morgan fingerprint density at radius 2 is 1.28 bits per heavy atom. The minimum absolute atomic E-state index is 0.738. The van der Waals surface area contributed by atoms with E-state index >= 15 is 0 Å². The first-order valence-electron chi connectivity index (χ1n) is 9.74. The summed E-state index contributed by atoms with van der Waals surface area (Å²) in [5.74, 6) is 2.99. The van der Waals surface area contributed by atoms with Gasteiger partial charge in [0.05, 0.1) is 34.1 Å². The van der Waals surface area contributed by atoms with Crippen molar-refractivity contribution in [2.45, 2.75) is 19.9 Å². The van der Waals surface area contributed by atoms with Crippen LogP contribution in [0.2, 0.25) is 0 Å². The zero-order valence-corrected chi connectivity index (χ0v) is 17.9. The molecule has 0 N–H and O–H groups in total. The largest absolute Gasteiger partial charge is 0.493 e. The molecule has 0 amide bonds. The second kappa shape index (κ2) is 7.39. The Morgan fingerprint density at radius 1 is 0.724 bits per heavy atom. The SMILES string of the molecule is CCc1cc2c(c3cc(OC)c(OC)cc13)N(C)Cc1cc(OC)c(OC)cc1-2. The van der Waals surface area contributed by atoms with Crippen molar-refractivity contribution in [3.63, 3.8) is 0 Å². The van der Waals surface area contributed by atoms with Crippen molar-refractivity contribution >= 4 is 16.5 Å². The lowest BCUT2D eigenvalue weighted by Gasteiger charge is -2.32. The molecule has 0 aliphatic carbocycles. The molecule has 4 rings (SSSR count). The van der Waals surface area contributed by atoms with Crippen LogP contribution in [0.15, 0.2) is 30.3 Å². The normalized spacial score (nSPS) is 12.4. The first-order chi connectivity index (χ1) is 14.1. The summed E-state index contributed by atoms with van der Waals surface area (Å²) in [4.78, 5) is 2.29. The van der Waals surface area contributed by atoms with Gasteiger partial charge in [-0.05, 0) is 58.8 Å². The van der Waals surface area contributed by atoms with Crippen LogP contribution in [0.25, 0.3) is 21.9 Å². The van der Waals surface area contributed by atoms with E-state index in [-0.39, 0.29) is 0 Å². The highest BCUT2D eigenvalue weighted by Gasteiger charge is 2.26. The molecule has 1 aliphatic rings. The predicted octanol–water partition coefficient (Wildman–Crippen LogP) is 5.05. The van der Waals surface area contributed by atoms with Crippen molar-refractivity contribution in [2.24, 2.45) is 0 Å².